The maximum absolute atomic E-state index is 11.9. The van der Waals surface area contributed by atoms with Crippen molar-refractivity contribution in [2.45, 2.75) is 16.8 Å². The van der Waals surface area contributed by atoms with Crippen LogP contribution in [0.2, 0.25) is 0 Å². The van der Waals surface area contributed by atoms with Crippen molar-refractivity contribution in [1.29, 1.82) is 0 Å². The van der Waals surface area contributed by atoms with Gasteiger partial charge in [0.1, 0.15) is 0 Å². The summed E-state index contributed by atoms with van der Waals surface area (Å²) in [5, 5.41) is 8.40. The molecule has 15 heavy (non-hydrogen) atoms. The lowest BCUT2D eigenvalue weighted by Crippen LogP contribution is -2.03. The van der Waals surface area contributed by atoms with Crippen LogP contribution in [0.15, 0.2) is 23.2 Å². The second-order valence-corrected chi connectivity index (χ2v) is 3.74. The van der Waals surface area contributed by atoms with Crippen molar-refractivity contribution in [1.82, 2.24) is 4.98 Å². The fourth-order valence-corrected chi connectivity index (χ4v) is 1.37. The van der Waals surface area contributed by atoms with Gasteiger partial charge in [-0.1, -0.05) is 0 Å². The predicted molar refractivity (Wildman–Crippen MR) is 47.5 cm³/mol. The van der Waals surface area contributed by atoms with E-state index in [1.54, 1.807) is 0 Å². The van der Waals surface area contributed by atoms with Crippen molar-refractivity contribution in [2.75, 3.05) is 0 Å². The maximum atomic E-state index is 11.9. The molecule has 1 aromatic rings. The molecule has 0 saturated heterocycles. The molecule has 0 radical (unpaired) electrons. The number of thioether (sulfide) groups is 1. The summed E-state index contributed by atoms with van der Waals surface area (Å²) in [5.74, 6) is -1.07. The zero-order valence-corrected chi connectivity index (χ0v) is 8.10. The molecule has 0 fully saturated rings. The molecule has 0 bridgehead atoms. The number of carbonyl (C=O) groups is 1. The lowest BCUT2D eigenvalue weighted by molar-refractivity contribution is -0.136. The Morgan fingerprint density at radius 1 is 1.47 bits per heavy atom. The Morgan fingerprint density at radius 3 is 2.53 bits per heavy atom. The van der Waals surface area contributed by atoms with Gasteiger partial charge in [-0.3, -0.25) is 9.78 Å². The fourth-order valence-electron chi connectivity index (χ4n) is 0.864. The Kier molecular flexibility index (Phi) is 3.57. The molecule has 1 aromatic heterocycles. The number of halogens is 3. The molecule has 1 N–H and O–H groups in total. The highest BCUT2D eigenvalue weighted by Crippen LogP contribution is 2.36. The molecule has 1 rings (SSSR count). The summed E-state index contributed by atoms with van der Waals surface area (Å²) in [6, 6.07) is 2.46. The van der Waals surface area contributed by atoms with E-state index in [-0.39, 0.29) is 28.8 Å². The molecule has 0 unspecified atom stereocenters. The minimum Gasteiger partial charge on any atom is -0.481 e. The molecule has 1 heterocycles. The number of rotatable bonds is 3. The van der Waals surface area contributed by atoms with E-state index in [1.807, 2.05) is 0 Å². The largest absolute Gasteiger partial charge is 0.481 e. The number of pyridine rings is 1. The van der Waals surface area contributed by atoms with Crippen LogP contribution in [0.5, 0.6) is 0 Å². The SMILES string of the molecule is O=C(O)Cc1ccc(SC(F)(F)F)cn1. The van der Waals surface area contributed by atoms with Gasteiger partial charge in [0.15, 0.2) is 0 Å². The Balaban J connectivity index is 2.68. The average molecular weight is 237 g/mol. The van der Waals surface area contributed by atoms with Gasteiger partial charge in [-0.25, -0.2) is 0 Å². The Hall–Kier alpha value is -1.24. The number of carboxylic acids is 1. The molecule has 3 nitrogen and oxygen atoms in total. The van der Waals surface area contributed by atoms with Crippen molar-refractivity contribution < 1.29 is 23.1 Å². The van der Waals surface area contributed by atoms with Crippen molar-refractivity contribution in [3.8, 4) is 0 Å². The first-order valence-electron chi connectivity index (χ1n) is 3.79. The van der Waals surface area contributed by atoms with Crippen LogP contribution in [0, 0.1) is 0 Å². The zero-order chi connectivity index (χ0) is 11.5. The molecule has 0 aromatic carbocycles. The highest BCUT2D eigenvalue weighted by Gasteiger charge is 2.29. The number of aliphatic carboxylic acids is 1. The highest BCUT2D eigenvalue weighted by molar-refractivity contribution is 8.00. The van der Waals surface area contributed by atoms with Crippen LogP contribution in [0.25, 0.3) is 0 Å². The number of hydrogen-bond acceptors (Lipinski definition) is 3. The van der Waals surface area contributed by atoms with Gasteiger partial charge >= 0.3 is 11.5 Å². The van der Waals surface area contributed by atoms with E-state index in [1.165, 1.54) is 12.1 Å². The second kappa shape index (κ2) is 4.52. The molecular weight excluding hydrogens is 231 g/mol. The highest BCUT2D eigenvalue weighted by atomic mass is 32.2. The number of hydrogen-bond donors (Lipinski definition) is 1. The summed E-state index contributed by atoms with van der Waals surface area (Å²) < 4.78 is 35.7. The summed E-state index contributed by atoms with van der Waals surface area (Å²) in [7, 11) is 0. The lowest BCUT2D eigenvalue weighted by atomic mass is 10.3. The van der Waals surface area contributed by atoms with Gasteiger partial charge in [-0.05, 0) is 23.9 Å². The topological polar surface area (TPSA) is 50.2 Å². The Bertz CT molecular complexity index is 350. The van der Waals surface area contributed by atoms with Gasteiger partial charge in [-0.2, -0.15) is 13.2 Å². The maximum Gasteiger partial charge on any atom is 0.446 e. The van der Waals surface area contributed by atoms with E-state index in [9.17, 15) is 18.0 Å². The van der Waals surface area contributed by atoms with Crippen molar-refractivity contribution in [3.05, 3.63) is 24.0 Å². The summed E-state index contributed by atoms with van der Waals surface area (Å²) in [4.78, 5) is 13.8. The molecule has 82 valence electrons. The van der Waals surface area contributed by atoms with Gasteiger partial charge in [0.25, 0.3) is 0 Å². The monoisotopic (exact) mass is 237 g/mol. The third kappa shape index (κ3) is 4.68. The normalized spacial score (nSPS) is 11.4. The summed E-state index contributed by atoms with van der Waals surface area (Å²) in [5.41, 5.74) is -4.12. The van der Waals surface area contributed by atoms with Crippen LogP contribution < -0.4 is 0 Å². The first-order valence-corrected chi connectivity index (χ1v) is 4.61. The summed E-state index contributed by atoms with van der Waals surface area (Å²) in [6.07, 6.45) is 0.716. The molecule has 0 spiro atoms. The molecule has 0 saturated carbocycles. The number of aromatic nitrogens is 1. The molecule has 0 aliphatic rings. The van der Waals surface area contributed by atoms with Crippen molar-refractivity contribution in [3.63, 3.8) is 0 Å². The standard InChI is InChI=1S/C8H6F3NO2S/c9-8(10,11)15-6-2-1-5(12-4-6)3-7(13)14/h1-2,4H,3H2,(H,13,14). The van der Waals surface area contributed by atoms with Crippen molar-refractivity contribution in [2.24, 2.45) is 0 Å². The van der Waals surface area contributed by atoms with Gasteiger partial charge in [0.05, 0.1) is 12.1 Å². The van der Waals surface area contributed by atoms with Crippen LogP contribution in [-0.2, 0) is 11.2 Å². The zero-order valence-electron chi connectivity index (χ0n) is 7.28. The third-order valence-corrected chi connectivity index (χ3v) is 2.07. The van der Waals surface area contributed by atoms with Crippen LogP contribution in [0.1, 0.15) is 5.69 Å². The van der Waals surface area contributed by atoms with E-state index >= 15 is 0 Å². The smallest absolute Gasteiger partial charge is 0.446 e. The van der Waals surface area contributed by atoms with E-state index < -0.39 is 11.5 Å². The lowest BCUT2D eigenvalue weighted by Gasteiger charge is -2.04. The molecular formula is C8H6F3NO2S. The van der Waals surface area contributed by atoms with E-state index in [0.29, 0.717) is 0 Å². The molecule has 0 aliphatic carbocycles. The minimum absolute atomic E-state index is 0.0587. The fraction of sp³-hybridized carbons (Fsp3) is 0.250. The van der Waals surface area contributed by atoms with Gasteiger partial charge < -0.3 is 5.11 Å². The van der Waals surface area contributed by atoms with E-state index in [0.717, 1.165) is 6.20 Å². The molecule has 0 atom stereocenters. The molecule has 0 aliphatic heterocycles. The molecule has 0 amide bonds. The first-order chi connectivity index (χ1) is 6.87. The van der Waals surface area contributed by atoms with Crippen LogP contribution in [0.4, 0.5) is 13.2 Å². The number of nitrogens with zero attached hydrogens (tertiary/aromatic N) is 1. The van der Waals surface area contributed by atoms with Crippen LogP contribution in [-0.4, -0.2) is 21.6 Å². The predicted octanol–water partition coefficient (Wildman–Crippen LogP) is 2.32. The van der Waals surface area contributed by atoms with Crippen LogP contribution >= 0.6 is 11.8 Å². The third-order valence-electron chi connectivity index (χ3n) is 1.36. The van der Waals surface area contributed by atoms with E-state index in [4.69, 9.17) is 5.11 Å². The number of alkyl halides is 3. The van der Waals surface area contributed by atoms with E-state index in [2.05, 4.69) is 4.98 Å². The van der Waals surface area contributed by atoms with Gasteiger partial charge in [0, 0.05) is 11.1 Å². The second-order valence-electron chi connectivity index (χ2n) is 2.60. The Morgan fingerprint density at radius 2 is 2.13 bits per heavy atom. The quantitative estimate of drug-likeness (QED) is 0.819. The Labute approximate surface area is 87.3 Å². The number of carboxylic acid groups (broad SMARTS) is 1. The summed E-state index contributed by atoms with van der Waals surface area (Å²) in [6.45, 7) is 0. The summed E-state index contributed by atoms with van der Waals surface area (Å²) >= 11 is -0.282. The van der Waals surface area contributed by atoms with Crippen LogP contribution in [0.3, 0.4) is 0 Å². The first kappa shape index (κ1) is 11.8. The van der Waals surface area contributed by atoms with Gasteiger partial charge in [-0.15, -0.1) is 0 Å². The van der Waals surface area contributed by atoms with Crippen molar-refractivity contribution >= 4 is 17.7 Å². The van der Waals surface area contributed by atoms with Gasteiger partial charge in [0.2, 0.25) is 0 Å². The average Bonchev–Trinajstić information content (AvgIpc) is 2.05. The minimum atomic E-state index is -4.35. The molecule has 7 heteroatoms.